The number of nitrogens with one attached hydrogen (secondary N) is 1. The first-order valence-electron chi connectivity index (χ1n) is 9.20. The molecule has 2 aliphatic rings. The maximum Gasteiger partial charge on any atom is 0.273 e. The Morgan fingerprint density at radius 3 is 2.69 bits per heavy atom. The smallest absolute Gasteiger partial charge is 0.273 e. The molecule has 9 nitrogen and oxygen atoms in total. The summed E-state index contributed by atoms with van der Waals surface area (Å²) in [6, 6.07) is 7.39. The van der Waals surface area contributed by atoms with E-state index in [0.29, 0.717) is 48.7 Å². The number of piperazine rings is 1. The fourth-order valence-electron chi connectivity index (χ4n) is 3.25. The Balaban J connectivity index is 1.21. The summed E-state index contributed by atoms with van der Waals surface area (Å²) >= 11 is 1.40. The number of carbonyl (C=O) groups excluding carboxylic acids is 1. The number of hydrogen-bond acceptors (Lipinski definition) is 9. The molecule has 0 radical (unpaired) electrons. The number of thiazole rings is 1. The average Bonchev–Trinajstić information content (AvgIpc) is 3.43. The van der Waals surface area contributed by atoms with Crippen molar-refractivity contribution in [3.8, 4) is 11.5 Å². The van der Waals surface area contributed by atoms with Gasteiger partial charge in [-0.05, 0) is 18.2 Å². The predicted molar refractivity (Wildman–Crippen MR) is 108 cm³/mol. The van der Waals surface area contributed by atoms with Crippen LogP contribution >= 0.6 is 11.3 Å². The third-order valence-electron chi connectivity index (χ3n) is 4.75. The predicted octanol–water partition coefficient (Wildman–Crippen LogP) is 2.37. The Morgan fingerprint density at radius 2 is 1.86 bits per heavy atom. The number of nitrogens with zero attached hydrogens (tertiary/aromatic N) is 5. The highest BCUT2D eigenvalue weighted by atomic mass is 32.1. The minimum absolute atomic E-state index is 0.0615. The van der Waals surface area contributed by atoms with Crippen molar-refractivity contribution in [2.24, 2.45) is 0 Å². The van der Waals surface area contributed by atoms with Gasteiger partial charge in [-0.25, -0.2) is 15.0 Å². The van der Waals surface area contributed by atoms with Gasteiger partial charge in [0.25, 0.3) is 5.91 Å². The summed E-state index contributed by atoms with van der Waals surface area (Å²) in [5, 5.41) is 5.65. The van der Waals surface area contributed by atoms with E-state index in [2.05, 4.69) is 25.2 Å². The highest BCUT2D eigenvalue weighted by molar-refractivity contribution is 7.14. The van der Waals surface area contributed by atoms with Crippen LogP contribution in [0.3, 0.4) is 0 Å². The number of aromatic nitrogens is 3. The van der Waals surface area contributed by atoms with Crippen LogP contribution in [0.4, 0.5) is 16.8 Å². The molecule has 0 aliphatic carbocycles. The van der Waals surface area contributed by atoms with Crippen LogP contribution in [0.5, 0.6) is 11.5 Å². The van der Waals surface area contributed by atoms with Gasteiger partial charge in [0.05, 0.1) is 0 Å². The lowest BCUT2D eigenvalue weighted by Crippen LogP contribution is -2.49. The van der Waals surface area contributed by atoms with Gasteiger partial charge in [-0.3, -0.25) is 4.79 Å². The first-order chi connectivity index (χ1) is 14.3. The molecule has 4 heterocycles. The molecule has 0 spiro atoms. The normalized spacial score (nSPS) is 15.4. The number of fused-ring (bicyclic) bond motifs is 1. The molecule has 0 atom stereocenters. The summed E-state index contributed by atoms with van der Waals surface area (Å²) in [6.07, 6.45) is 3.45. The molecule has 1 N–H and O–H groups in total. The van der Waals surface area contributed by atoms with Crippen molar-refractivity contribution in [2.45, 2.75) is 0 Å². The standard InChI is InChI=1S/C19H18N6O3S/c26-17(24-6-8-25(9-7-24)18-20-4-1-5-21-18)14-11-29-19(23-14)22-13-2-3-15-16(10-13)28-12-27-15/h1-5,10-11H,6-9,12H2,(H,22,23). The number of benzene rings is 1. The van der Waals surface area contributed by atoms with Crippen molar-refractivity contribution >= 4 is 34.0 Å². The zero-order valence-corrected chi connectivity index (χ0v) is 16.3. The Morgan fingerprint density at radius 1 is 1.07 bits per heavy atom. The van der Waals surface area contributed by atoms with Gasteiger partial charge in [0.1, 0.15) is 5.69 Å². The minimum Gasteiger partial charge on any atom is -0.454 e. The third-order valence-corrected chi connectivity index (χ3v) is 5.51. The highest BCUT2D eigenvalue weighted by Gasteiger charge is 2.25. The molecule has 148 valence electrons. The van der Waals surface area contributed by atoms with E-state index in [0.717, 1.165) is 11.4 Å². The Kier molecular flexibility index (Phi) is 4.60. The molecule has 0 unspecified atom stereocenters. The van der Waals surface area contributed by atoms with Crippen molar-refractivity contribution in [1.82, 2.24) is 19.9 Å². The van der Waals surface area contributed by atoms with E-state index in [1.54, 1.807) is 23.8 Å². The maximum absolute atomic E-state index is 12.8. The van der Waals surface area contributed by atoms with Gasteiger partial charge in [0, 0.05) is 55.7 Å². The molecule has 2 aromatic heterocycles. The van der Waals surface area contributed by atoms with Gasteiger partial charge < -0.3 is 24.6 Å². The van der Waals surface area contributed by atoms with Crippen LogP contribution in [0.15, 0.2) is 42.0 Å². The first-order valence-corrected chi connectivity index (χ1v) is 10.1. The zero-order chi connectivity index (χ0) is 19.6. The van der Waals surface area contributed by atoms with Crippen LogP contribution in [-0.4, -0.2) is 58.7 Å². The van der Waals surface area contributed by atoms with E-state index in [4.69, 9.17) is 9.47 Å². The van der Waals surface area contributed by atoms with Gasteiger partial charge in [-0.2, -0.15) is 0 Å². The largest absolute Gasteiger partial charge is 0.454 e. The Bertz CT molecular complexity index is 1020. The number of rotatable bonds is 4. The minimum atomic E-state index is -0.0615. The van der Waals surface area contributed by atoms with Gasteiger partial charge in [-0.15, -0.1) is 11.3 Å². The molecule has 0 saturated carbocycles. The molecule has 10 heteroatoms. The second-order valence-corrected chi connectivity index (χ2v) is 7.42. The van der Waals surface area contributed by atoms with Crippen LogP contribution in [0.2, 0.25) is 0 Å². The number of hydrogen-bond donors (Lipinski definition) is 1. The fraction of sp³-hybridized carbons (Fsp3) is 0.263. The topological polar surface area (TPSA) is 92.7 Å². The van der Waals surface area contributed by atoms with Crippen LogP contribution in [-0.2, 0) is 0 Å². The summed E-state index contributed by atoms with van der Waals surface area (Å²) < 4.78 is 10.7. The molecule has 3 aromatic rings. The number of ether oxygens (including phenoxy) is 2. The summed E-state index contributed by atoms with van der Waals surface area (Å²) in [6.45, 7) is 2.85. The molecule has 0 bridgehead atoms. The van der Waals surface area contributed by atoms with E-state index in [9.17, 15) is 4.79 Å². The van der Waals surface area contributed by atoms with E-state index in [-0.39, 0.29) is 12.7 Å². The molecule has 1 fully saturated rings. The lowest BCUT2D eigenvalue weighted by atomic mass is 10.3. The lowest BCUT2D eigenvalue weighted by molar-refractivity contribution is 0.0741. The zero-order valence-electron chi connectivity index (χ0n) is 15.4. The molecule has 1 saturated heterocycles. The number of anilines is 3. The second-order valence-electron chi connectivity index (χ2n) is 6.56. The van der Waals surface area contributed by atoms with E-state index >= 15 is 0 Å². The van der Waals surface area contributed by atoms with Crippen molar-refractivity contribution in [1.29, 1.82) is 0 Å². The summed E-state index contributed by atoms with van der Waals surface area (Å²) in [7, 11) is 0. The molecule has 5 rings (SSSR count). The van der Waals surface area contributed by atoms with Crippen molar-refractivity contribution in [3.05, 3.63) is 47.7 Å². The van der Waals surface area contributed by atoms with Crippen molar-refractivity contribution < 1.29 is 14.3 Å². The van der Waals surface area contributed by atoms with Crippen molar-refractivity contribution in [2.75, 3.05) is 43.2 Å². The Hall–Kier alpha value is -3.40. The van der Waals surface area contributed by atoms with E-state index in [1.807, 2.05) is 23.1 Å². The van der Waals surface area contributed by atoms with Gasteiger partial charge in [0.2, 0.25) is 12.7 Å². The second kappa shape index (κ2) is 7.55. The average molecular weight is 410 g/mol. The fourth-order valence-corrected chi connectivity index (χ4v) is 3.96. The molecule has 1 amide bonds. The Labute approximate surface area is 170 Å². The van der Waals surface area contributed by atoms with Crippen molar-refractivity contribution in [3.63, 3.8) is 0 Å². The molecule has 29 heavy (non-hydrogen) atoms. The van der Waals surface area contributed by atoms with Crippen LogP contribution in [0.25, 0.3) is 0 Å². The monoisotopic (exact) mass is 410 g/mol. The molecule has 1 aromatic carbocycles. The summed E-state index contributed by atoms with van der Waals surface area (Å²) in [5.41, 5.74) is 1.28. The molecular formula is C19H18N6O3S. The van der Waals surface area contributed by atoms with Crippen LogP contribution in [0, 0.1) is 0 Å². The first kappa shape index (κ1) is 17.7. The SMILES string of the molecule is O=C(c1csc(Nc2ccc3c(c2)OCO3)n1)N1CCN(c2ncccn2)CC1. The highest BCUT2D eigenvalue weighted by Crippen LogP contribution is 2.35. The number of carbonyl (C=O) groups is 1. The lowest BCUT2D eigenvalue weighted by Gasteiger charge is -2.34. The molecule has 2 aliphatic heterocycles. The van der Waals surface area contributed by atoms with Gasteiger partial charge in [-0.1, -0.05) is 0 Å². The van der Waals surface area contributed by atoms with E-state index in [1.165, 1.54) is 11.3 Å². The quantitative estimate of drug-likeness (QED) is 0.701. The number of amides is 1. The van der Waals surface area contributed by atoms with E-state index < -0.39 is 0 Å². The summed E-state index contributed by atoms with van der Waals surface area (Å²) in [5.74, 6) is 2.06. The third kappa shape index (κ3) is 3.66. The maximum atomic E-state index is 12.8. The molecular weight excluding hydrogens is 392 g/mol. The van der Waals surface area contributed by atoms with Crippen LogP contribution in [0.1, 0.15) is 10.5 Å². The van der Waals surface area contributed by atoms with Gasteiger partial charge >= 0.3 is 0 Å². The van der Waals surface area contributed by atoms with Gasteiger partial charge in [0.15, 0.2) is 16.6 Å². The summed E-state index contributed by atoms with van der Waals surface area (Å²) in [4.78, 5) is 29.7. The van der Waals surface area contributed by atoms with Crippen LogP contribution < -0.4 is 19.7 Å².